The predicted molar refractivity (Wildman–Crippen MR) is 88.2 cm³/mol. The van der Waals surface area contributed by atoms with E-state index in [1.807, 2.05) is 0 Å². The minimum absolute atomic E-state index is 0.506. The lowest BCUT2D eigenvalue weighted by Crippen LogP contribution is -2.22. The Bertz CT molecular complexity index is 650. The van der Waals surface area contributed by atoms with Crippen LogP contribution < -0.4 is 4.90 Å². The molecule has 0 unspecified atom stereocenters. The SMILES string of the molecule is Cc1ccc(CN(C)c2n[nH]c(=S)n2C2CCCC2)cc1. The number of rotatable bonds is 4. The minimum Gasteiger partial charge on any atom is -0.340 e. The maximum atomic E-state index is 5.43. The highest BCUT2D eigenvalue weighted by Crippen LogP contribution is 2.32. The van der Waals surface area contributed by atoms with E-state index >= 15 is 0 Å². The van der Waals surface area contributed by atoms with Gasteiger partial charge < -0.3 is 4.90 Å². The maximum absolute atomic E-state index is 5.43. The standard InChI is InChI=1S/C16H22N4S/c1-12-7-9-13(10-8-12)11-19(2)15-17-18-16(21)20(15)14-5-3-4-6-14/h7-10,14H,3-6,11H2,1-2H3,(H,18,21). The first kappa shape index (κ1) is 14.3. The van der Waals surface area contributed by atoms with Crippen LogP contribution in [0.2, 0.25) is 0 Å². The molecule has 0 radical (unpaired) electrons. The third-order valence-corrected chi connectivity index (χ3v) is 4.55. The molecule has 1 saturated carbocycles. The van der Waals surface area contributed by atoms with Crippen molar-refractivity contribution in [2.45, 2.75) is 45.2 Å². The predicted octanol–water partition coefficient (Wildman–Crippen LogP) is 4.00. The first-order valence-corrected chi connectivity index (χ1v) is 7.99. The molecule has 0 spiro atoms. The summed E-state index contributed by atoms with van der Waals surface area (Å²) in [4.78, 5) is 2.18. The van der Waals surface area contributed by atoms with Gasteiger partial charge in [-0.25, -0.2) is 5.10 Å². The second kappa shape index (κ2) is 6.02. The van der Waals surface area contributed by atoms with Crippen molar-refractivity contribution < 1.29 is 0 Å². The largest absolute Gasteiger partial charge is 0.340 e. The molecule has 21 heavy (non-hydrogen) atoms. The summed E-state index contributed by atoms with van der Waals surface area (Å²) in [6, 6.07) is 9.15. The van der Waals surface area contributed by atoms with Gasteiger partial charge in [-0.05, 0) is 37.5 Å². The summed E-state index contributed by atoms with van der Waals surface area (Å²) in [5.41, 5.74) is 2.57. The van der Waals surface area contributed by atoms with E-state index < -0.39 is 0 Å². The third-order valence-electron chi connectivity index (χ3n) is 4.26. The Kier molecular flexibility index (Phi) is 4.10. The van der Waals surface area contributed by atoms with Gasteiger partial charge in [0.2, 0.25) is 5.95 Å². The maximum Gasteiger partial charge on any atom is 0.226 e. The smallest absolute Gasteiger partial charge is 0.226 e. The topological polar surface area (TPSA) is 36.9 Å². The first-order valence-electron chi connectivity index (χ1n) is 7.59. The van der Waals surface area contributed by atoms with Gasteiger partial charge in [0.15, 0.2) is 4.77 Å². The molecule has 1 heterocycles. The van der Waals surface area contributed by atoms with E-state index in [9.17, 15) is 0 Å². The average Bonchev–Trinajstić information content (AvgIpc) is 3.10. The van der Waals surface area contributed by atoms with E-state index in [1.54, 1.807) is 0 Å². The zero-order valence-corrected chi connectivity index (χ0v) is 13.5. The van der Waals surface area contributed by atoms with Crippen molar-refractivity contribution in [3.05, 3.63) is 40.2 Å². The van der Waals surface area contributed by atoms with E-state index in [1.165, 1.54) is 36.8 Å². The molecule has 3 rings (SSSR count). The lowest BCUT2D eigenvalue weighted by Gasteiger charge is -2.22. The van der Waals surface area contributed by atoms with Crippen molar-refractivity contribution in [3.63, 3.8) is 0 Å². The molecule has 1 aromatic heterocycles. The molecule has 0 atom stereocenters. The molecule has 112 valence electrons. The van der Waals surface area contributed by atoms with Crippen LogP contribution in [0, 0.1) is 11.7 Å². The molecule has 1 N–H and O–H groups in total. The van der Waals surface area contributed by atoms with Crippen molar-refractivity contribution in [1.29, 1.82) is 0 Å². The fourth-order valence-electron chi connectivity index (χ4n) is 3.10. The van der Waals surface area contributed by atoms with Gasteiger partial charge >= 0.3 is 0 Å². The lowest BCUT2D eigenvalue weighted by atomic mass is 10.1. The Balaban J connectivity index is 1.82. The summed E-state index contributed by atoms with van der Waals surface area (Å²) in [5, 5.41) is 7.41. The van der Waals surface area contributed by atoms with E-state index in [-0.39, 0.29) is 0 Å². The summed E-state index contributed by atoms with van der Waals surface area (Å²) >= 11 is 5.43. The van der Waals surface area contributed by atoms with Crippen molar-refractivity contribution in [2.75, 3.05) is 11.9 Å². The van der Waals surface area contributed by atoms with Crippen LogP contribution in [0.4, 0.5) is 5.95 Å². The monoisotopic (exact) mass is 302 g/mol. The van der Waals surface area contributed by atoms with E-state index in [0.717, 1.165) is 17.3 Å². The van der Waals surface area contributed by atoms with Crippen LogP contribution in [0.15, 0.2) is 24.3 Å². The third kappa shape index (κ3) is 3.02. The van der Waals surface area contributed by atoms with Crippen molar-refractivity contribution in [2.24, 2.45) is 0 Å². The summed E-state index contributed by atoms with van der Waals surface area (Å²) in [6.07, 6.45) is 5.00. The van der Waals surface area contributed by atoms with Gasteiger partial charge in [-0.2, -0.15) is 0 Å². The Hall–Kier alpha value is -1.62. The fourth-order valence-corrected chi connectivity index (χ4v) is 3.37. The van der Waals surface area contributed by atoms with Gasteiger partial charge in [0.05, 0.1) is 0 Å². The van der Waals surface area contributed by atoms with Crippen molar-refractivity contribution in [3.8, 4) is 0 Å². The molecule has 0 bridgehead atoms. The van der Waals surface area contributed by atoms with Gasteiger partial charge in [-0.15, -0.1) is 5.10 Å². The zero-order chi connectivity index (χ0) is 14.8. The van der Waals surface area contributed by atoms with Gasteiger partial charge in [0, 0.05) is 19.6 Å². The lowest BCUT2D eigenvalue weighted by molar-refractivity contribution is 0.509. The number of H-pyrrole nitrogens is 1. The molecular formula is C16H22N4S. The number of hydrogen-bond acceptors (Lipinski definition) is 3. The van der Waals surface area contributed by atoms with Gasteiger partial charge in [-0.1, -0.05) is 42.7 Å². The highest BCUT2D eigenvalue weighted by molar-refractivity contribution is 7.71. The average molecular weight is 302 g/mol. The molecule has 0 saturated heterocycles. The first-order chi connectivity index (χ1) is 10.1. The molecule has 0 amide bonds. The molecular weight excluding hydrogens is 280 g/mol. The molecule has 1 aromatic carbocycles. The number of aromatic amines is 1. The van der Waals surface area contributed by atoms with Crippen molar-refractivity contribution in [1.82, 2.24) is 14.8 Å². The Morgan fingerprint density at radius 1 is 1.29 bits per heavy atom. The van der Waals surface area contributed by atoms with Gasteiger partial charge in [-0.3, -0.25) is 4.57 Å². The summed E-state index contributed by atoms with van der Waals surface area (Å²) in [6.45, 7) is 2.95. The number of hydrogen-bond donors (Lipinski definition) is 1. The fraction of sp³-hybridized carbons (Fsp3) is 0.500. The minimum atomic E-state index is 0.506. The van der Waals surface area contributed by atoms with Crippen LogP contribution in [0.5, 0.6) is 0 Å². The van der Waals surface area contributed by atoms with E-state index in [0.29, 0.717) is 6.04 Å². The normalized spacial score (nSPS) is 15.5. The van der Waals surface area contributed by atoms with E-state index in [4.69, 9.17) is 12.2 Å². The molecule has 5 heteroatoms. The molecule has 2 aromatic rings. The summed E-state index contributed by atoms with van der Waals surface area (Å²) in [5.74, 6) is 0.951. The molecule has 4 nitrogen and oxygen atoms in total. The highest BCUT2D eigenvalue weighted by Gasteiger charge is 2.22. The number of benzene rings is 1. The molecule has 1 aliphatic carbocycles. The highest BCUT2D eigenvalue weighted by atomic mass is 32.1. The summed E-state index contributed by atoms with van der Waals surface area (Å²) in [7, 11) is 2.08. The van der Waals surface area contributed by atoms with Gasteiger partial charge in [0.1, 0.15) is 0 Å². The van der Waals surface area contributed by atoms with Crippen LogP contribution in [0.3, 0.4) is 0 Å². The Morgan fingerprint density at radius 3 is 2.62 bits per heavy atom. The second-order valence-corrected chi connectivity index (χ2v) is 6.37. The van der Waals surface area contributed by atoms with Crippen LogP contribution in [-0.4, -0.2) is 21.8 Å². The Labute approximate surface area is 130 Å². The van der Waals surface area contributed by atoms with Crippen LogP contribution in [0.1, 0.15) is 42.9 Å². The van der Waals surface area contributed by atoms with E-state index in [2.05, 4.69) is 57.9 Å². The Morgan fingerprint density at radius 2 is 1.95 bits per heavy atom. The van der Waals surface area contributed by atoms with Crippen molar-refractivity contribution >= 4 is 18.2 Å². The van der Waals surface area contributed by atoms with Crippen LogP contribution >= 0.6 is 12.2 Å². The zero-order valence-electron chi connectivity index (χ0n) is 12.7. The molecule has 1 fully saturated rings. The number of anilines is 1. The second-order valence-electron chi connectivity index (χ2n) is 5.98. The number of aromatic nitrogens is 3. The quantitative estimate of drug-likeness (QED) is 0.867. The number of nitrogens with zero attached hydrogens (tertiary/aromatic N) is 3. The van der Waals surface area contributed by atoms with Gasteiger partial charge in [0.25, 0.3) is 0 Å². The molecule has 1 aliphatic rings. The molecule has 0 aliphatic heterocycles. The number of nitrogens with one attached hydrogen (secondary N) is 1. The number of aryl methyl sites for hydroxylation is 1. The van der Waals surface area contributed by atoms with Crippen LogP contribution in [0.25, 0.3) is 0 Å². The summed E-state index contributed by atoms with van der Waals surface area (Å²) < 4.78 is 2.95. The van der Waals surface area contributed by atoms with Crippen LogP contribution in [-0.2, 0) is 6.54 Å².